The lowest BCUT2D eigenvalue weighted by Gasteiger charge is -2.25. The summed E-state index contributed by atoms with van der Waals surface area (Å²) in [6, 6.07) is 2.60. The van der Waals surface area contributed by atoms with Crippen LogP contribution in [0.3, 0.4) is 0 Å². The molecule has 0 bridgehead atoms. The maximum atomic E-state index is 9.52. The molecule has 0 unspecified atom stereocenters. The van der Waals surface area contributed by atoms with E-state index in [0.717, 1.165) is 29.2 Å². The van der Waals surface area contributed by atoms with E-state index in [1.807, 2.05) is 26.0 Å². The van der Waals surface area contributed by atoms with E-state index < -0.39 is 0 Å². The molecule has 1 N–H and O–H groups in total. The van der Waals surface area contributed by atoms with Gasteiger partial charge in [-0.05, 0) is 38.3 Å². The van der Waals surface area contributed by atoms with Gasteiger partial charge in [-0.1, -0.05) is 6.08 Å². The van der Waals surface area contributed by atoms with E-state index in [0.29, 0.717) is 6.04 Å². The minimum atomic E-state index is 0.0504. The lowest BCUT2D eigenvalue weighted by molar-refractivity contribution is 0.280. The third-order valence-corrected chi connectivity index (χ3v) is 3.20. The number of aromatic nitrogens is 1. The second-order valence-corrected chi connectivity index (χ2v) is 4.71. The number of aliphatic hydroxyl groups is 1. The molecule has 2 rings (SSSR count). The standard InChI is InChI=1S/C14H20N2O/c1-4-7-16(12-5-6-12)14-13(9-17)10(2)8-11(3)15-14/h4,8,12,17H,1,5-7,9H2,2-3H3. The van der Waals surface area contributed by atoms with E-state index >= 15 is 0 Å². The summed E-state index contributed by atoms with van der Waals surface area (Å²) in [6.45, 7) is 8.68. The molecule has 0 radical (unpaired) electrons. The summed E-state index contributed by atoms with van der Waals surface area (Å²) in [5, 5.41) is 9.52. The van der Waals surface area contributed by atoms with Crippen LogP contribution in [-0.2, 0) is 6.61 Å². The van der Waals surface area contributed by atoms with Crippen molar-refractivity contribution >= 4 is 5.82 Å². The highest BCUT2D eigenvalue weighted by Crippen LogP contribution is 2.33. The number of aliphatic hydroxyl groups excluding tert-OH is 1. The fourth-order valence-corrected chi connectivity index (χ4v) is 2.21. The molecule has 17 heavy (non-hydrogen) atoms. The Hall–Kier alpha value is -1.35. The van der Waals surface area contributed by atoms with E-state index in [9.17, 15) is 5.11 Å². The molecule has 1 heterocycles. The lowest BCUT2D eigenvalue weighted by Crippen LogP contribution is -2.28. The Morgan fingerprint density at radius 1 is 1.53 bits per heavy atom. The highest BCUT2D eigenvalue weighted by Gasteiger charge is 2.30. The molecule has 1 aromatic rings. The van der Waals surface area contributed by atoms with Crippen LogP contribution in [0.25, 0.3) is 0 Å². The van der Waals surface area contributed by atoms with Gasteiger partial charge >= 0.3 is 0 Å². The minimum absolute atomic E-state index is 0.0504. The summed E-state index contributed by atoms with van der Waals surface area (Å²) in [6.07, 6.45) is 4.33. The van der Waals surface area contributed by atoms with Gasteiger partial charge in [0.2, 0.25) is 0 Å². The summed E-state index contributed by atoms with van der Waals surface area (Å²) >= 11 is 0. The Morgan fingerprint density at radius 3 is 2.76 bits per heavy atom. The third-order valence-electron chi connectivity index (χ3n) is 3.20. The molecular weight excluding hydrogens is 212 g/mol. The van der Waals surface area contributed by atoms with Crippen LogP contribution in [0.2, 0.25) is 0 Å². The quantitative estimate of drug-likeness (QED) is 0.792. The lowest BCUT2D eigenvalue weighted by atomic mass is 10.1. The number of nitrogens with zero attached hydrogens (tertiary/aromatic N) is 2. The molecule has 1 fully saturated rings. The molecule has 0 aromatic carbocycles. The predicted octanol–water partition coefficient (Wildman–Crippen LogP) is 2.35. The Labute approximate surface area is 103 Å². The summed E-state index contributed by atoms with van der Waals surface area (Å²) in [7, 11) is 0. The number of rotatable bonds is 5. The van der Waals surface area contributed by atoms with E-state index in [1.54, 1.807) is 0 Å². The van der Waals surface area contributed by atoms with Gasteiger partial charge < -0.3 is 10.0 Å². The molecule has 0 saturated heterocycles. The van der Waals surface area contributed by atoms with Crippen LogP contribution in [0.4, 0.5) is 5.82 Å². The number of hydrogen-bond donors (Lipinski definition) is 1. The molecule has 1 aliphatic rings. The largest absolute Gasteiger partial charge is 0.392 e. The number of hydrogen-bond acceptors (Lipinski definition) is 3. The topological polar surface area (TPSA) is 36.4 Å². The first kappa shape index (κ1) is 12.1. The van der Waals surface area contributed by atoms with E-state index in [4.69, 9.17) is 0 Å². The van der Waals surface area contributed by atoms with Gasteiger partial charge in [-0.15, -0.1) is 6.58 Å². The van der Waals surface area contributed by atoms with Gasteiger partial charge in [-0.2, -0.15) is 0 Å². The Morgan fingerprint density at radius 2 is 2.24 bits per heavy atom. The molecule has 1 aromatic heterocycles. The highest BCUT2D eigenvalue weighted by molar-refractivity contribution is 5.53. The molecule has 3 heteroatoms. The highest BCUT2D eigenvalue weighted by atomic mass is 16.3. The zero-order valence-corrected chi connectivity index (χ0v) is 10.6. The number of pyridine rings is 1. The van der Waals surface area contributed by atoms with Gasteiger partial charge in [0, 0.05) is 23.8 Å². The summed E-state index contributed by atoms with van der Waals surface area (Å²) in [5.41, 5.74) is 3.07. The van der Waals surface area contributed by atoms with E-state index in [-0.39, 0.29) is 6.61 Å². The number of aryl methyl sites for hydroxylation is 2. The molecule has 1 aliphatic carbocycles. The molecule has 3 nitrogen and oxygen atoms in total. The Balaban J connectivity index is 2.43. The van der Waals surface area contributed by atoms with Crippen LogP contribution in [0, 0.1) is 13.8 Å². The van der Waals surface area contributed by atoms with Crippen LogP contribution in [0.1, 0.15) is 29.7 Å². The minimum Gasteiger partial charge on any atom is -0.392 e. The van der Waals surface area contributed by atoms with Crippen molar-refractivity contribution in [2.24, 2.45) is 0 Å². The summed E-state index contributed by atoms with van der Waals surface area (Å²) in [5.74, 6) is 0.937. The van der Waals surface area contributed by atoms with Crippen molar-refractivity contribution in [3.63, 3.8) is 0 Å². The molecule has 1 saturated carbocycles. The van der Waals surface area contributed by atoms with Crippen molar-refractivity contribution in [2.75, 3.05) is 11.4 Å². The van der Waals surface area contributed by atoms with Gasteiger partial charge in [0.1, 0.15) is 5.82 Å². The molecule has 0 amide bonds. The SMILES string of the molecule is C=CCN(c1nc(C)cc(C)c1CO)C1CC1. The number of anilines is 1. The van der Waals surface area contributed by atoms with Crippen LogP contribution in [0.15, 0.2) is 18.7 Å². The Kier molecular flexibility index (Phi) is 3.48. The fourth-order valence-electron chi connectivity index (χ4n) is 2.21. The van der Waals surface area contributed by atoms with Crippen LogP contribution in [0.5, 0.6) is 0 Å². The van der Waals surface area contributed by atoms with Crippen molar-refractivity contribution in [1.29, 1.82) is 0 Å². The van der Waals surface area contributed by atoms with Gasteiger partial charge in [-0.3, -0.25) is 0 Å². The average Bonchev–Trinajstić information content (AvgIpc) is 3.08. The first-order valence-corrected chi connectivity index (χ1v) is 6.13. The van der Waals surface area contributed by atoms with Crippen LogP contribution in [-0.4, -0.2) is 22.7 Å². The third kappa shape index (κ3) is 2.50. The molecular formula is C14H20N2O. The van der Waals surface area contributed by atoms with Crippen LogP contribution < -0.4 is 4.90 Å². The average molecular weight is 232 g/mol. The van der Waals surface area contributed by atoms with Crippen molar-refractivity contribution in [3.8, 4) is 0 Å². The van der Waals surface area contributed by atoms with Crippen molar-refractivity contribution in [3.05, 3.63) is 35.5 Å². The molecule has 0 aliphatic heterocycles. The van der Waals surface area contributed by atoms with E-state index in [1.165, 1.54) is 12.8 Å². The smallest absolute Gasteiger partial charge is 0.135 e. The Bertz CT molecular complexity index is 424. The van der Waals surface area contributed by atoms with Crippen LogP contribution >= 0.6 is 0 Å². The fraction of sp³-hybridized carbons (Fsp3) is 0.500. The second kappa shape index (κ2) is 4.88. The normalized spacial score (nSPS) is 14.8. The van der Waals surface area contributed by atoms with Gasteiger partial charge in [0.15, 0.2) is 0 Å². The van der Waals surface area contributed by atoms with Crippen molar-refractivity contribution < 1.29 is 5.11 Å². The van der Waals surface area contributed by atoms with Gasteiger partial charge in [0.05, 0.1) is 6.61 Å². The summed E-state index contributed by atoms with van der Waals surface area (Å²) in [4.78, 5) is 6.87. The van der Waals surface area contributed by atoms with Crippen molar-refractivity contribution in [1.82, 2.24) is 4.98 Å². The van der Waals surface area contributed by atoms with Gasteiger partial charge in [0.25, 0.3) is 0 Å². The van der Waals surface area contributed by atoms with Gasteiger partial charge in [-0.25, -0.2) is 4.98 Å². The van der Waals surface area contributed by atoms with E-state index in [2.05, 4.69) is 16.5 Å². The van der Waals surface area contributed by atoms with Crippen molar-refractivity contribution in [2.45, 2.75) is 39.3 Å². The maximum Gasteiger partial charge on any atom is 0.135 e. The first-order chi connectivity index (χ1) is 8.17. The maximum absolute atomic E-state index is 9.52. The zero-order chi connectivity index (χ0) is 12.4. The predicted molar refractivity (Wildman–Crippen MR) is 70.2 cm³/mol. The summed E-state index contributed by atoms with van der Waals surface area (Å²) < 4.78 is 0. The monoisotopic (exact) mass is 232 g/mol. The molecule has 0 atom stereocenters. The zero-order valence-electron chi connectivity index (χ0n) is 10.6. The second-order valence-electron chi connectivity index (χ2n) is 4.71. The molecule has 92 valence electrons. The molecule has 0 spiro atoms. The first-order valence-electron chi connectivity index (χ1n) is 6.13.